The first-order valence-electron chi connectivity index (χ1n) is 13.6. The van der Waals surface area contributed by atoms with Gasteiger partial charge >= 0.3 is 5.97 Å². The molecule has 0 amide bonds. The van der Waals surface area contributed by atoms with Crippen LogP contribution >= 0.6 is 0 Å². The molecule has 178 valence electrons. The highest BCUT2D eigenvalue weighted by atomic mass is 16.5. The minimum Gasteiger partial charge on any atom is -0.466 e. The molecule has 0 spiro atoms. The molecular formula is C28H54O2. The van der Waals surface area contributed by atoms with Crippen molar-refractivity contribution in [3.05, 3.63) is 12.2 Å². The molecule has 0 aromatic heterocycles. The topological polar surface area (TPSA) is 26.3 Å². The molecule has 0 unspecified atom stereocenters. The molecule has 0 rings (SSSR count). The summed E-state index contributed by atoms with van der Waals surface area (Å²) in [6.07, 6.45) is 32.4. The molecule has 0 heterocycles. The molecule has 0 fully saturated rings. The van der Waals surface area contributed by atoms with Crippen molar-refractivity contribution in [3.8, 4) is 0 Å². The van der Waals surface area contributed by atoms with E-state index >= 15 is 0 Å². The van der Waals surface area contributed by atoms with Gasteiger partial charge in [-0.25, -0.2) is 0 Å². The highest BCUT2D eigenvalue weighted by Crippen LogP contribution is 2.11. The lowest BCUT2D eigenvalue weighted by Gasteiger charge is -2.05. The van der Waals surface area contributed by atoms with E-state index in [9.17, 15) is 4.79 Å². The Morgan fingerprint density at radius 2 is 0.933 bits per heavy atom. The number of unbranched alkanes of at least 4 members (excludes halogenated alkanes) is 18. The maximum absolute atomic E-state index is 11.8. The van der Waals surface area contributed by atoms with Crippen molar-refractivity contribution in [1.29, 1.82) is 0 Å². The zero-order valence-corrected chi connectivity index (χ0v) is 20.7. The minimum absolute atomic E-state index is 0.00979. The van der Waals surface area contributed by atoms with Gasteiger partial charge in [-0.05, 0) is 38.5 Å². The van der Waals surface area contributed by atoms with Gasteiger partial charge in [-0.1, -0.05) is 122 Å². The molecule has 0 aliphatic heterocycles. The molecule has 0 saturated heterocycles. The Morgan fingerprint density at radius 1 is 0.533 bits per heavy atom. The van der Waals surface area contributed by atoms with Crippen LogP contribution in [-0.2, 0) is 9.53 Å². The first kappa shape index (κ1) is 29.2. The molecule has 2 heteroatoms. The summed E-state index contributed by atoms with van der Waals surface area (Å²) in [5.41, 5.74) is 0. The summed E-state index contributed by atoms with van der Waals surface area (Å²) in [5, 5.41) is 0. The summed E-state index contributed by atoms with van der Waals surface area (Å²) < 4.78 is 5.36. The van der Waals surface area contributed by atoms with E-state index in [1.807, 2.05) is 0 Å². The Bertz CT molecular complexity index is 362. The van der Waals surface area contributed by atoms with E-state index in [0.717, 1.165) is 19.3 Å². The van der Waals surface area contributed by atoms with Gasteiger partial charge in [-0.15, -0.1) is 0 Å². The third-order valence-corrected chi connectivity index (χ3v) is 5.90. The molecule has 0 atom stereocenters. The number of esters is 1. The van der Waals surface area contributed by atoms with Crippen molar-refractivity contribution in [1.82, 2.24) is 0 Å². The Labute approximate surface area is 189 Å². The van der Waals surface area contributed by atoms with E-state index in [1.54, 1.807) is 0 Å². The van der Waals surface area contributed by atoms with Crippen molar-refractivity contribution >= 4 is 5.97 Å². The zero-order chi connectivity index (χ0) is 22.0. The first-order chi connectivity index (χ1) is 14.8. The fraction of sp³-hybridized carbons (Fsp3) is 0.893. The Morgan fingerprint density at radius 3 is 1.43 bits per heavy atom. The number of carbonyl (C=O) groups is 1. The van der Waals surface area contributed by atoms with Crippen LogP contribution in [0.4, 0.5) is 0 Å². The largest absolute Gasteiger partial charge is 0.466 e. The SMILES string of the molecule is CCCCCCCCC=CCCCCCCCC(=O)OCCCCCCCCCC. The molecule has 2 nitrogen and oxygen atoms in total. The van der Waals surface area contributed by atoms with E-state index in [1.165, 1.54) is 116 Å². The van der Waals surface area contributed by atoms with Crippen LogP contribution < -0.4 is 0 Å². The smallest absolute Gasteiger partial charge is 0.305 e. The molecule has 0 N–H and O–H groups in total. The first-order valence-corrected chi connectivity index (χ1v) is 13.6. The predicted molar refractivity (Wildman–Crippen MR) is 133 cm³/mol. The summed E-state index contributed by atoms with van der Waals surface area (Å²) in [6, 6.07) is 0. The quantitative estimate of drug-likeness (QED) is 0.0878. The number of hydrogen-bond acceptors (Lipinski definition) is 2. The number of allylic oxidation sites excluding steroid dienone is 2. The van der Waals surface area contributed by atoms with Crippen LogP contribution in [0.1, 0.15) is 155 Å². The Kier molecular flexibility index (Phi) is 25.6. The van der Waals surface area contributed by atoms with Crippen LogP contribution in [0.5, 0.6) is 0 Å². The van der Waals surface area contributed by atoms with Crippen LogP contribution in [0.3, 0.4) is 0 Å². The molecule has 0 saturated carbocycles. The van der Waals surface area contributed by atoms with Crippen LogP contribution in [0, 0.1) is 0 Å². The second kappa shape index (κ2) is 26.2. The molecule has 30 heavy (non-hydrogen) atoms. The highest BCUT2D eigenvalue weighted by Gasteiger charge is 2.02. The fourth-order valence-corrected chi connectivity index (χ4v) is 3.83. The number of ether oxygens (including phenoxy) is 1. The summed E-state index contributed by atoms with van der Waals surface area (Å²) >= 11 is 0. The van der Waals surface area contributed by atoms with Gasteiger partial charge < -0.3 is 4.74 Å². The average molecular weight is 423 g/mol. The Hall–Kier alpha value is -0.790. The van der Waals surface area contributed by atoms with Crippen molar-refractivity contribution in [2.45, 2.75) is 155 Å². The average Bonchev–Trinajstić information content (AvgIpc) is 2.75. The summed E-state index contributed by atoms with van der Waals surface area (Å²) in [4.78, 5) is 11.8. The maximum atomic E-state index is 11.8. The molecule has 0 radical (unpaired) electrons. The maximum Gasteiger partial charge on any atom is 0.305 e. The van der Waals surface area contributed by atoms with E-state index in [-0.39, 0.29) is 5.97 Å². The number of hydrogen-bond donors (Lipinski definition) is 0. The Balaban J connectivity index is 3.20. The van der Waals surface area contributed by atoms with E-state index in [0.29, 0.717) is 13.0 Å². The van der Waals surface area contributed by atoms with Gasteiger partial charge in [0.25, 0.3) is 0 Å². The van der Waals surface area contributed by atoms with Gasteiger partial charge in [0.1, 0.15) is 0 Å². The third-order valence-electron chi connectivity index (χ3n) is 5.90. The lowest BCUT2D eigenvalue weighted by Crippen LogP contribution is -2.05. The van der Waals surface area contributed by atoms with Gasteiger partial charge in [0.15, 0.2) is 0 Å². The van der Waals surface area contributed by atoms with Gasteiger partial charge in [0, 0.05) is 6.42 Å². The van der Waals surface area contributed by atoms with Crippen molar-refractivity contribution in [2.24, 2.45) is 0 Å². The van der Waals surface area contributed by atoms with Crippen LogP contribution in [0.15, 0.2) is 12.2 Å². The standard InChI is InChI=1S/C28H54O2/c1-3-5-7-9-11-13-14-15-16-17-18-19-20-22-24-26-28(29)30-27-25-23-21-12-10-8-6-4-2/h15-16H,3-14,17-27H2,1-2H3. The summed E-state index contributed by atoms with van der Waals surface area (Å²) in [7, 11) is 0. The zero-order valence-electron chi connectivity index (χ0n) is 20.7. The molecule has 0 aliphatic rings. The molecule has 0 bridgehead atoms. The molecule has 0 aromatic carbocycles. The highest BCUT2D eigenvalue weighted by molar-refractivity contribution is 5.69. The second-order valence-electron chi connectivity index (χ2n) is 9.03. The monoisotopic (exact) mass is 422 g/mol. The number of carbonyl (C=O) groups excluding carboxylic acids is 1. The van der Waals surface area contributed by atoms with Gasteiger partial charge in [0.2, 0.25) is 0 Å². The van der Waals surface area contributed by atoms with Gasteiger partial charge in [0.05, 0.1) is 6.61 Å². The minimum atomic E-state index is 0.00979. The van der Waals surface area contributed by atoms with Gasteiger partial charge in [-0.3, -0.25) is 4.79 Å². The lowest BCUT2D eigenvalue weighted by atomic mass is 10.1. The number of rotatable bonds is 24. The summed E-state index contributed by atoms with van der Waals surface area (Å²) in [5.74, 6) is 0.00979. The van der Waals surface area contributed by atoms with Crippen molar-refractivity contribution in [2.75, 3.05) is 6.61 Å². The van der Waals surface area contributed by atoms with Crippen molar-refractivity contribution in [3.63, 3.8) is 0 Å². The molecule has 0 aromatic rings. The van der Waals surface area contributed by atoms with Crippen LogP contribution in [0.2, 0.25) is 0 Å². The van der Waals surface area contributed by atoms with Crippen LogP contribution in [-0.4, -0.2) is 12.6 Å². The lowest BCUT2D eigenvalue weighted by molar-refractivity contribution is -0.143. The summed E-state index contributed by atoms with van der Waals surface area (Å²) in [6.45, 7) is 5.15. The van der Waals surface area contributed by atoms with Gasteiger partial charge in [-0.2, -0.15) is 0 Å². The second-order valence-corrected chi connectivity index (χ2v) is 9.03. The fourth-order valence-electron chi connectivity index (χ4n) is 3.83. The normalized spacial score (nSPS) is 11.4. The van der Waals surface area contributed by atoms with Crippen molar-refractivity contribution < 1.29 is 9.53 Å². The van der Waals surface area contributed by atoms with E-state index < -0.39 is 0 Å². The predicted octanol–water partition coefficient (Wildman–Crippen LogP) is 9.71. The molecular weight excluding hydrogens is 368 g/mol. The van der Waals surface area contributed by atoms with E-state index in [2.05, 4.69) is 26.0 Å². The third kappa shape index (κ3) is 25.2. The molecule has 0 aliphatic carbocycles. The van der Waals surface area contributed by atoms with Crippen LogP contribution in [0.25, 0.3) is 0 Å². The van der Waals surface area contributed by atoms with E-state index in [4.69, 9.17) is 4.74 Å².